The normalized spacial score (nSPS) is 12.8. The van der Waals surface area contributed by atoms with Gasteiger partial charge in [-0.15, -0.1) is 0 Å². The van der Waals surface area contributed by atoms with Gasteiger partial charge < -0.3 is 5.32 Å². The predicted octanol–water partition coefficient (Wildman–Crippen LogP) is 3.53. The summed E-state index contributed by atoms with van der Waals surface area (Å²) < 4.78 is 0. The Morgan fingerprint density at radius 1 is 1.06 bits per heavy atom. The average Bonchev–Trinajstić information content (AvgIpc) is 2.31. The Morgan fingerprint density at radius 2 is 1.59 bits per heavy atom. The number of hydrogen-bond acceptors (Lipinski definition) is 2. The van der Waals surface area contributed by atoms with Gasteiger partial charge in [-0.05, 0) is 51.3 Å². The Morgan fingerprint density at radius 3 is 2.00 bits per heavy atom. The SMILES string of the molecule is CCC(CC)(CNC(C)(C)C)c1ccncc1. The van der Waals surface area contributed by atoms with Gasteiger partial charge in [0.1, 0.15) is 0 Å². The Labute approximate surface area is 106 Å². The zero-order valence-corrected chi connectivity index (χ0v) is 11.9. The van der Waals surface area contributed by atoms with E-state index in [1.54, 1.807) is 0 Å². The van der Waals surface area contributed by atoms with Gasteiger partial charge in [0.05, 0.1) is 0 Å². The molecule has 0 saturated heterocycles. The number of nitrogens with one attached hydrogen (secondary N) is 1. The van der Waals surface area contributed by atoms with Gasteiger partial charge in [0, 0.05) is 29.9 Å². The van der Waals surface area contributed by atoms with Crippen LogP contribution in [-0.2, 0) is 5.41 Å². The Kier molecular flexibility index (Phi) is 4.70. The molecule has 0 amide bonds. The summed E-state index contributed by atoms with van der Waals surface area (Å²) in [5.41, 5.74) is 1.80. The molecule has 1 aromatic rings. The molecule has 1 aromatic heterocycles. The first kappa shape index (κ1) is 14.2. The van der Waals surface area contributed by atoms with Crippen molar-refractivity contribution in [2.45, 2.75) is 58.4 Å². The van der Waals surface area contributed by atoms with Crippen LogP contribution in [0, 0.1) is 0 Å². The average molecular weight is 234 g/mol. The monoisotopic (exact) mass is 234 g/mol. The second-order valence-electron chi connectivity index (χ2n) is 5.83. The lowest BCUT2D eigenvalue weighted by atomic mass is 9.75. The largest absolute Gasteiger partial charge is 0.311 e. The highest BCUT2D eigenvalue weighted by Crippen LogP contribution is 2.31. The van der Waals surface area contributed by atoms with E-state index < -0.39 is 0 Å². The number of aromatic nitrogens is 1. The maximum atomic E-state index is 4.12. The summed E-state index contributed by atoms with van der Waals surface area (Å²) in [7, 11) is 0. The maximum Gasteiger partial charge on any atom is 0.0270 e. The molecule has 0 spiro atoms. The van der Waals surface area contributed by atoms with Crippen LogP contribution in [-0.4, -0.2) is 17.1 Å². The molecule has 0 fully saturated rings. The summed E-state index contributed by atoms with van der Waals surface area (Å²) in [6.45, 7) is 12.2. The molecule has 2 heteroatoms. The van der Waals surface area contributed by atoms with E-state index in [4.69, 9.17) is 0 Å². The van der Waals surface area contributed by atoms with Crippen LogP contribution in [0.4, 0.5) is 0 Å². The molecular weight excluding hydrogens is 208 g/mol. The molecule has 0 aliphatic rings. The van der Waals surface area contributed by atoms with Gasteiger partial charge in [0.25, 0.3) is 0 Å². The van der Waals surface area contributed by atoms with E-state index in [0.29, 0.717) is 0 Å². The van der Waals surface area contributed by atoms with E-state index in [1.807, 2.05) is 12.4 Å². The van der Waals surface area contributed by atoms with Gasteiger partial charge >= 0.3 is 0 Å². The smallest absolute Gasteiger partial charge is 0.0270 e. The third-order valence-electron chi connectivity index (χ3n) is 3.60. The van der Waals surface area contributed by atoms with Gasteiger partial charge in [-0.2, -0.15) is 0 Å². The summed E-state index contributed by atoms with van der Waals surface area (Å²) >= 11 is 0. The molecule has 1 heterocycles. The van der Waals surface area contributed by atoms with Crippen LogP contribution in [0.2, 0.25) is 0 Å². The minimum Gasteiger partial charge on any atom is -0.311 e. The van der Waals surface area contributed by atoms with Crippen molar-refractivity contribution in [1.82, 2.24) is 10.3 Å². The summed E-state index contributed by atoms with van der Waals surface area (Å²) in [5, 5.41) is 3.64. The molecule has 0 aliphatic heterocycles. The number of pyridine rings is 1. The zero-order valence-electron chi connectivity index (χ0n) is 11.9. The minimum atomic E-state index is 0.169. The second kappa shape index (κ2) is 5.63. The third-order valence-corrected chi connectivity index (χ3v) is 3.60. The van der Waals surface area contributed by atoms with Crippen LogP contribution in [0.1, 0.15) is 53.0 Å². The van der Waals surface area contributed by atoms with Crippen molar-refractivity contribution in [3.63, 3.8) is 0 Å². The second-order valence-corrected chi connectivity index (χ2v) is 5.83. The van der Waals surface area contributed by atoms with Crippen LogP contribution in [0.5, 0.6) is 0 Å². The fourth-order valence-corrected chi connectivity index (χ4v) is 2.15. The molecule has 2 nitrogen and oxygen atoms in total. The molecule has 0 radical (unpaired) electrons. The molecule has 1 N–H and O–H groups in total. The molecule has 96 valence electrons. The fourth-order valence-electron chi connectivity index (χ4n) is 2.15. The standard InChI is InChI=1S/C15H26N2/c1-6-15(7-2,12-17-14(3,4)5)13-8-10-16-11-9-13/h8-11,17H,6-7,12H2,1-5H3. The molecular formula is C15H26N2. The Bertz CT molecular complexity index is 321. The molecule has 0 aromatic carbocycles. The third kappa shape index (κ3) is 3.81. The van der Waals surface area contributed by atoms with Crippen LogP contribution < -0.4 is 5.32 Å². The van der Waals surface area contributed by atoms with E-state index in [1.165, 1.54) is 5.56 Å². The first-order chi connectivity index (χ1) is 7.93. The van der Waals surface area contributed by atoms with Crippen molar-refractivity contribution < 1.29 is 0 Å². The lowest BCUT2D eigenvalue weighted by Gasteiger charge is -2.36. The molecule has 0 aliphatic carbocycles. The van der Waals surface area contributed by atoms with E-state index in [0.717, 1.165) is 19.4 Å². The summed E-state index contributed by atoms with van der Waals surface area (Å²) in [6, 6.07) is 4.30. The Hall–Kier alpha value is -0.890. The van der Waals surface area contributed by atoms with Gasteiger partial charge in [-0.25, -0.2) is 0 Å². The summed E-state index contributed by atoms with van der Waals surface area (Å²) in [5.74, 6) is 0. The predicted molar refractivity (Wildman–Crippen MR) is 74.3 cm³/mol. The quantitative estimate of drug-likeness (QED) is 0.843. The lowest BCUT2D eigenvalue weighted by molar-refractivity contribution is 0.312. The molecule has 0 unspecified atom stereocenters. The molecule has 1 rings (SSSR count). The highest BCUT2D eigenvalue weighted by atomic mass is 15.0. The molecule has 0 saturated carbocycles. The highest BCUT2D eigenvalue weighted by Gasteiger charge is 2.29. The Balaban J connectivity index is 2.90. The van der Waals surface area contributed by atoms with E-state index in [-0.39, 0.29) is 11.0 Å². The van der Waals surface area contributed by atoms with Gasteiger partial charge in [0.15, 0.2) is 0 Å². The van der Waals surface area contributed by atoms with Crippen LogP contribution >= 0.6 is 0 Å². The first-order valence-electron chi connectivity index (χ1n) is 6.59. The van der Waals surface area contributed by atoms with Crippen molar-refractivity contribution >= 4 is 0 Å². The van der Waals surface area contributed by atoms with E-state index in [9.17, 15) is 0 Å². The van der Waals surface area contributed by atoms with E-state index >= 15 is 0 Å². The minimum absolute atomic E-state index is 0.169. The van der Waals surface area contributed by atoms with E-state index in [2.05, 4.69) is 57.1 Å². The molecule has 0 bridgehead atoms. The number of nitrogens with zero attached hydrogens (tertiary/aromatic N) is 1. The van der Waals surface area contributed by atoms with Crippen LogP contribution in [0.25, 0.3) is 0 Å². The van der Waals surface area contributed by atoms with Crippen molar-refractivity contribution in [2.75, 3.05) is 6.54 Å². The summed E-state index contributed by atoms with van der Waals surface area (Å²) in [4.78, 5) is 4.12. The first-order valence-corrected chi connectivity index (χ1v) is 6.59. The van der Waals surface area contributed by atoms with Gasteiger partial charge in [-0.1, -0.05) is 13.8 Å². The lowest BCUT2D eigenvalue weighted by Crippen LogP contribution is -2.45. The molecule has 17 heavy (non-hydrogen) atoms. The summed E-state index contributed by atoms with van der Waals surface area (Å²) in [6.07, 6.45) is 6.09. The van der Waals surface area contributed by atoms with Gasteiger partial charge in [0.2, 0.25) is 0 Å². The van der Waals surface area contributed by atoms with Crippen LogP contribution in [0.3, 0.4) is 0 Å². The molecule has 0 atom stereocenters. The van der Waals surface area contributed by atoms with Crippen molar-refractivity contribution in [3.05, 3.63) is 30.1 Å². The topological polar surface area (TPSA) is 24.9 Å². The van der Waals surface area contributed by atoms with Crippen LogP contribution in [0.15, 0.2) is 24.5 Å². The maximum absolute atomic E-state index is 4.12. The number of rotatable bonds is 5. The van der Waals surface area contributed by atoms with Crippen molar-refractivity contribution in [3.8, 4) is 0 Å². The van der Waals surface area contributed by atoms with Gasteiger partial charge in [-0.3, -0.25) is 4.98 Å². The van der Waals surface area contributed by atoms with Crippen molar-refractivity contribution in [2.24, 2.45) is 0 Å². The fraction of sp³-hybridized carbons (Fsp3) is 0.667. The zero-order chi connectivity index (χ0) is 12.9. The van der Waals surface area contributed by atoms with Crippen molar-refractivity contribution in [1.29, 1.82) is 0 Å². The number of hydrogen-bond donors (Lipinski definition) is 1. The highest BCUT2D eigenvalue weighted by molar-refractivity contribution is 5.23.